The van der Waals surface area contributed by atoms with Gasteiger partial charge in [0, 0.05) is 19.3 Å². The maximum Gasteiger partial charge on any atom is 0.302 e. The molecule has 0 N–H and O–H groups in total. The van der Waals surface area contributed by atoms with Gasteiger partial charge in [-0.3, -0.25) is 8.98 Å². The molecule has 0 aromatic heterocycles. The van der Waals surface area contributed by atoms with E-state index in [4.69, 9.17) is 8.92 Å². The number of fused-ring (bicyclic) bond motifs is 4. The summed E-state index contributed by atoms with van der Waals surface area (Å²) in [5.41, 5.74) is 4.26. The highest BCUT2D eigenvalue weighted by atomic mass is 32.2. The van der Waals surface area contributed by atoms with Gasteiger partial charge in [-0.1, -0.05) is 75.8 Å². The Bertz CT molecular complexity index is 1250. The number of aryl methyl sites for hydroxylation is 1. The van der Waals surface area contributed by atoms with Crippen LogP contribution in [0.25, 0.3) is 0 Å². The van der Waals surface area contributed by atoms with Crippen molar-refractivity contribution in [3.8, 4) is 0 Å². The Balaban J connectivity index is 1.38. The first-order chi connectivity index (χ1) is 19.9. The number of ether oxygens (including phenoxy) is 1. The van der Waals surface area contributed by atoms with Crippen LogP contribution in [0.5, 0.6) is 0 Å². The van der Waals surface area contributed by atoms with Crippen molar-refractivity contribution in [3.05, 3.63) is 41.0 Å². The number of rotatable bonds is 10. The summed E-state index contributed by atoms with van der Waals surface area (Å²) in [5, 5.41) is 0. The van der Waals surface area contributed by atoms with Crippen LogP contribution in [0.4, 0.5) is 0 Å². The second kappa shape index (κ2) is 12.8. The smallest absolute Gasteiger partial charge is 0.302 e. The summed E-state index contributed by atoms with van der Waals surface area (Å²) in [6.07, 6.45) is 12.5. The topological polar surface area (TPSA) is 69.7 Å². The molecule has 4 aliphatic rings. The van der Waals surface area contributed by atoms with E-state index in [-0.39, 0.29) is 29.5 Å². The number of hydrogen-bond acceptors (Lipinski definition) is 5. The van der Waals surface area contributed by atoms with E-state index >= 15 is 0 Å². The van der Waals surface area contributed by atoms with Gasteiger partial charge in [0.2, 0.25) is 0 Å². The molecule has 0 amide bonds. The Morgan fingerprint density at radius 2 is 1.76 bits per heavy atom. The second-order valence-corrected chi connectivity index (χ2v) is 16.5. The van der Waals surface area contributed by atoms with E-state index in [1.807, 2.05) is 19.1 Å². The first-order valence-electron chi connectivity index (χ1n) is 16.7. The second-order valence-electron chi connectivity index (χ2n) is 14.9. The molecule has 5 rings (SSSR count). The van der Waals surface area contributed by atoms with Crippen LogP contribution in [0.3, 0.4) is 0 Å². The van der Waals surface area contributed by atoms with E-state index in [0.29, 0.717) is 29.6 Å². The molecule has 1 aromatic rings. The van der Waals surface area contributed by atoms with Gasteiger partial charge in [0.15, 0.2) is 0 Å². The molecule has 0 bridgehead atoms. The van der Waals surface area contributed by atoms with Gasteiger partial charge in [-0.2, -0.15) is 8.42 Å². The summed E-state index contributed by atoms with van der Waals surface area (Å²) in [6, 6.07) is 6.90. The van der Waals surface area contributed by atoms with Gasteiger partial charge in [0.25, 0.3) is 10.1 Å². The average Bonchev–Trinajstić information content (AvgIpc) is 3.29. The molecule has 2 saturated carbocycles. The molecule has 8 atom stereocenters. The molecule has 234 valence electrons. The van der Waals surface area contributed by atoms with Crippen molar-refractivity contribution in [2.45, 2.75) is 123 Å². The summed E-state index contributed by atoms with van der Waals surface area (Å²) in [7, 11) is -3.85. The third-order valence-electron chi connectivity index (χ3n) is 11.8. The molecule has 4 unspecified atom stereocenters. The lowest BCUT2D eigenvalue weighted by Crippen LogP contribution is -2.47. The van der Waals surface area contributed by atoms with E-state index in [1.165, 1.54) is 57.4 Å². The Morgan fingerprint density at radius 3 is 2.45 bits per heavy atom. The standard InChI is InChI=1S/C36H54O5S/c1-23(2)8-7-9-25(4)34-16-17-35-33-20-27(22-40-42(38,39)29-13-10-24(3)11-14-29)32-21-28(41-26(5)37)12-15-30(32)31(33)18-19-36(34,35)6/h10-11,13-14,23,25,27-28,31,33-35H,7-9,12,15-22H2,1-6H3/t25?,27-,28-,31?,33?,34+,35?,36+/m0/s1. The van der Waals surface area contributed by atoms with Crippen molar-refractivity contribution in [2.24, 2.45) is 46.8 Å². The molecule has 1 aromatic carbocycles. The first-order valence-corrected chi connectivity index (χ1v) is 18.1. The largest absolute Gasteiger partial charge is 0.462 e. The van der Waals surface area contributed by atoms with Gasteiger partial charge in [0.05, 0.1) is 11.5 Å². The molecule has 0 radical (unpaired) electrons. The Labute approximate surface area is 255 Å². The molecule has 2 fully saturated rings. The van der Waals surface area contributed by atoms with Crippen LogP contribution >= 0.6 is 0 Å². The summed E-state index contributed by atoms with van der Waals surface area (Å²) in [5.74, 6) is 3.96. The van der Waals surface area contributed by atoms with Crippen LogP contribution in [0.15, 0.2) is 40.3 Å². The summed E-state index contributed by atoms with van der Waals surface area (Å²) in [4.78, 5) is 12.0. The average molecular weight is 599 g/mol. The zero-order valence-corrected chi connectivity index (χ0v) is 27.7. The maximum atomic E-state index is 13.2. The molecular weight excluding hydrogens is 544 g/mol. The molecule has 5 nitrogen and oxygen atoms in total. The number of benzene rings is 1. The van der Waals surface area contributed by atoms with Gasteiger partial charge in [-0.05, 0) is 105 Å². The lowest BCUT2D eigenvalue weighted by Gasteiger charge is -2.54. The molecule has 0 aliphatic heterocycles. The van der Waals surface area contributed by atoms with Crippen LogP contribution in [0.2, 0.25) is 0 Å². The minimum atomic E-state index is -3.85. The number of carbonyl (C=O) groups is 1. The molecule has 0 heterocycles. The van der Waals surface area contributed by atoms with Crippen LogP contribution in [0, 0.1) is 53.8 Å². The highest BCUT2D eigenvalue weighted by Gasteiger charge is 2.57. The molecular formula is C36H54O5S. The lowest BCUT2D eigenvalue weighted by atomic mass is 9.51. The third kappa shape index (κ3) is 6.55. The SMILES string of the molecule is CC(=O)O[C@H]1CCC2=C(C1)[C@H](COS(=O)(=O)c1ccc(C)cc1)CC1C2CC[C@@]2(C)C1CC[C@@H]2C(C)CCCC(C)C. The predicted molar refractivity (Wildman–Crippen MR) is 167 cm³/mol. The van der Waals surface area contributed by atoms with Crippen LogP contribution in [-0.2, 0) is 23.8 Å². The molecule has 0 saturated heterocycles. The van der Waals surface area contributed by atoms with Crippen LogP contribution in [0.1, 0.15) is 111 Å². The number of hydrogen-bond donors (Lipinski definition) is 0. The number of esters is 1. The van der Waals surface area contributed by atoms with E-state index in [2.05, 4.69) is 27.7 Å². The van der Waals surface area contributed by atoms with Gasteiger partial charge in [-0.25, -0.2) is 0 Å². The summed E-state index contributed by atoms with van der Waals surface area (Å²) in [6.45, 7) is 13.4. The van der Waals surface area contributed by atoms with Crippen molar-refractivity contribution >= 4 is 16.1 Å². The minimum Gasteiger partial charge on any atom is -0.462 e. The highest BCUT2D eigenvalue weighted by Crippen LogP contribution is 2.65. The van der Waals surface area contributed by atoms with E-state index in [1.54, 1.807) is 17.7 Å². The molecule has 0 spiro atoms. The minimum absolute atomic E-state index is 0.0460. The fourth-order valence-electron chi connectivity index (χ4n) is 9.80. The predicted octanol–water partition coefficient (Wildman–Crippen LogP) is 8.65. The van der Waals surface area contributed by atoms with Crippen molar-refractivity contribution in [2.75, 3.05) is 6.61 Å². The van der Waals surface area contributed by atoms with Crippen molar-refractivity contribution in [1.29, 1.82) is 0 Å². The van der Waals surface area contributed by atoms with Crippen molar-refractivity contribution in [1.82, 2.24) is 0 Å². The van der Waals surface area contributed by atoms with Crippen molar-refractivity contribution in [3.63, 3.8) is 0 Å². The monoisotopic (exact) mass is 598 g/mol. The van der Waals surface area contributed by atoms with Gasteiger partial charge < -0.3 is 4.74 Å². The fraction of sp³-hybridized carbons (Fsp3) is 0.750. The normalized spacial score (nSPS) is 33.6. The Hall–Kier alpha value is -1.66. The Morgan fingerprint density at radius 1 is 1.02 bits per heavy atom. The Kier molecular flexibility index (Phi) is 9.64. The molecule has 4 aliphatic carbocycles. The van der Waals surface area contributed by atoms with Crippen molar-refractivity contribution < 1.29 is 22.1 Å². The zero-order chi connectivity index (χ0) is 30.2. The van der Waals surface area contributed by atoms with Gasteiger partial charge >= 0.3 is 5.97 Å². The highest BCUT2D eigenvalue weighted by molar-refractivity contribution is 7.86. The quantitative estimate of drug-likeness (QED) is 0.153. The van der Waals surface area contributed by atoms with Gasteiger partial charge in [-0.15, -0.1) is 0 Å². The van der Waals surface area contributed by atoms with Crippen LogP contribution in [-0.4, -0.2) is 27.1 Å². The zero-order valence-electron chi connectivity index (χ0n) is 26.9. The molecule has 42 heavy (non-hydrogen) atoms. The van der Waals surface area contributed by atoms with E-state index in [9.17, 15) is 13.2 Å². The number of allylic oxidation sites excluding steroid dienone is 1. The summed E-state index contributed by atoms with van der Waals surface area (Å²) >= 11 is 0. The maximum absolute atomic E-state index is 13.2. The van der Waals surface area contributed by atoms with E-state index < -0.39 is 10.1 Å². The third-order valence-corrected chi connectivity index (χ3v) is 13.1. The fourth-order valence-corrected chi connectivity index (χ4v) is 10.7. The van der Waals surface area contributed by atoms with Gasteiger partial charge in [0.1, 0.15) is 6.10 Å². The molecule has 6 heteroatoms. The van der Waals surface area contributed by atoms with Crippen LogP contribution < -0.4 is 0 Å². The summed E-state index contributed by atoms with van der Waals surface area (Å²) < 4.78 is 37.9. The lowest BCUT2D eigenvalue weighted by molar-refractivity contribution is -0.147. The number of carbonyl (C=O) groups excluding carboxylic acids is 1. The first kappa shape index (κ1) is 31.8. The van der Waals surface area contributed by atoms with E-state index in [0.717, 1.165) is 42.6 Å².